The normalized spacial score (nSPS) is 15.3. The second-order valence-corrected chi connectivity index (χ2v) is 14.3. The van der Waals surface area contributed by atoms with Gasteiger partial charge in [0.05, 0.1) is 15.7 Å². The Labute approximate surface area is 283 Å². The number of carbonyl (C=O) groups is 1. The van der Waals surface area contributed by atoms with E-state index < -0.39 is 5.60 Å². The van der Waals surface area contributed by atoms with Gasteiger partial charge < -0.3 is 34.2 Å². The smallest absolute Gasteiger partial charge is 0.410 e. The van der Waals surface area contributed by atoms with E-state index in [0.717, 1.165) is 24.7 Å². The first-order valence-electron chi connectivity index (χ1n) is 13.9. The molecule has 1 aromatic heterocycles. The number of halogens is 4. The highest BCUT2D eigenvalue weighted by atomic mass is 127. The van der Waals surface area contributed by atoms with Crippen molar-refractivity contribution in [1.29, 1.82) is 0 Å². The van der Waals surface area contributed by atoms with Crippen LogP contribution in [0.25, 0.3) is 22.0 Å². The predicted molar refractivity (Wildman–Crippen MR) is 183 cm³/mol. The molecule has 5 rings (SSSR count). The van der Waals surface area contributed by atoms with Gasteiger partial charge in [0, 0.05) is 63.8 Å². The topological polar surface area (TPSA) is 92.3 Å². The summed E-state index contributed by atoms with van der Waals surface area (Å²) in [6, 6.07) is 4.00. The number of amides is 1. The molecule has 0 aliphatic carbocycles. The molecule has 1 saturated heterocycles. The Hall–Kier alpha value is -2.00. The third-order valence-corrected chi connectivity index (χ3v) is 9.59. The molecule has 1 N–H and O–H groups in total. The monoisotopic (exact) mass is 806 g/mol. The first-order valence-corrected chi connectivity index (χ1v) is 16.6. The van der Waals surface area contributed by atoms with Crippen LogP contribution >= 0.6 is 61.7 Å². The van der Waals surface area contributed by atoms with Crippen molar-refractivity contribution in [3.63, 3.8) is 0 Å². The number of rotatable bonds is 5. The van der Waals surface area contributed by atoms with Crippen molar-refractivity contribution in [2.24, 2.45) is 0 Å². The SMILES string of the molecule is CN(C)CCOc1nc(N2CCN(C(=O)OC(C)(C)C)CC2)c2cc(Cl)c3c(c2n1)OCCNc1c(Br)cc(Cl)c(I)c1-3. The van der Waals surface area contributed by atoms with Crippen LogP contribution in [0.1, 0.15) is 20.8 Å². The molecule has 3 aromatic rings. The van der Waals surface area contributed by atoms with E-state index in [2.05, 4.69) is 48.7 Å². The van der Waals surface area contributed by atoms with Crippen LogP contribution in [0, 0.1) is 3.57 Å². The van der Waals surface area contributed by atoms with Gasteiger partial charge in [-0.25, -0.2) is 4.79 Å². The van der Waals surface area contributed by atoms with E-state index in [-0.39, 0.29) is 12.1 Å². The number of fused-ring (bicyclic) bond motifs is 5. The molecule has 0 unspecified atom stereocenters. The number of nitrogens with one attached hydrogen (secondary N) is 1. The van der Waals surface area contributed by atoms with Crippen LogP contribution in [0.5, 0.6) is 11.8 Å². The van der Waals surface area contributed by atoms with Gasteiger partial charge in [0.25, 0.3) is 0 Å². The van der Waals surface area contributed by atoms with Crippen molar-refractivity contribution in [3.8, 4) is 22.9 Å². The summed E-state index contributed by atoms with van der Waals surface area (Å²) in [7, 11) is 3.96. The quantitative estimate of drug-likeness (QED) is 0.222. The van der Waals surface area contributed by atoms with Crippen molar-refractivity contribution in [2.45, 2.75) is 26.4 Å². The van der Waals surface area contributed by atoms with E-state index in [9.17, 15) is 4.79 Å². The molecule has 0 saturated carbocycles. The number of anilines is 2. The predicted octanol–water partition coefficient (Wildman–Crippen LogP) is 6.77. The number of carbonyl (C=O) groups excluding carboxylic acids is 1. The van der Waals surface area contributed by atoms with Gasteiger partial charge in [-0.3, -0.25) is 0 Å². The van der Waals surface area contributed by atoms with Crippen molar-refractivity contribution in [3.05, 3.63) is 30.2 Å². The van der Waals surface area contributed by atoms with E-state index in [0.29, 0.717) is 85.2 Å². The van der Waals surface area contributed by atoms with Gasteiger partial charge in [-0.15, -0.1) is 0 Å². The Kier molecular flexibility index (Phi) is 9.91. The molecule has 232 valence electrons. The summed E-state index contributed by atoms with van der Waals surface area (Å²) in [6.45, 7) is 9.72. The maximum Gasteiger partial charge on any atom is 0.410 e. The molecular weight excluding hydrogens is 774 g/mol. The summed E-state index contributed by atoms with van der Waals surface area (Å²) in [5.41, 5.74) is 2.45. The fraction of sp³-hybridized carbons (Fsp3) is 0.483. The van der Waals surface area contributed by atoms with Crippen LogP contribution in [0.15, 0.2) is 16.6 Å². The molecule has 14 heteroatoms. The Morgan fingerprint density at radius 1 is 1.14 bits per heavy atom. The summed E-state index contributed by atoms with van der Waals surface area (Å²) in [5, 5.41) is 5.26. The van der Waals surface area contributed by atoms with E-state index in [1.54, 1.807) is 4.90 Å². The molecule has 0 bridgehead atoms. The molecule has 2 aliphatic heterocycles. The lowest BCUT2D eigenvalue weighted by Gasteiger charge is -2.36. The largest absolute Gasteiger partial charge is 0.489 e. The molecule has 2 aromatic carbocycles. The number of benzene rings is 2. The van der Waals surface area contributed by atoms with Gasteiger partial charge >= 0.3 is 12.1 Å². The lowest BCUT2D eigenvalue weighted by Crippen LogP contribution is -2.50. The minimum Gasteiger partial charge on any atom is -0.489 e. The second kappa shape index (κ2) is 13.2. The fourth-order valence-corrected chi connectivity index (χ4v) is 6.81. The Morgan fingerprint density at radius 3 is 2.53 bits per heavy atom. The number of ether oxygens (including phenoxy) is 3. The van der Waals surface area contributed by atoms with Gasteiger partial charge in [-0.05, 0) is 85.5 Å². The highest BCUT2D eigenvalue weighted by molar-refractivity contribution is 14.1. The van der Waals surface area contributed by atoms with Crippen LogP contribution < -0.4 is 19.7 Å². The van der Waals surface area contributed by atoms with Crippen LogP contribution in [0.3, 0.4) is 0 Å². The number of hydrogen-bond acceptors (Lipinski definition) is 9. The van der Waals surface area contributed by atoms with Crippen LogP contribution in [-0.4, -0.2) is 98.0 Å². The molecule has 0 spiro atoms. The molecule has 2 aliphatic rings. The molecule has 10 nitrogen and oxygen atoms in total. The summed E-state index contributed by atoms with van der Waals surface area (Å²) in [4.78, 5) is 28.3. The number of aromatic nitrogens is 2. The molecule has 1 amide bonds. The number of hydrogen-bond donors (Lipinski definition) is 1. The summed E-state index contributed by atoms with van der Waals surface area (Å²) in [6.07, 6.45) is -0.322. The molecule has 0 atom stereocenters. The molecule has 3 heterocycles. The van der Waals surface area contributed by atoms with Gasteiger partial charge in [0.1, 0.15) is 30.1 Å². The highest BCUT2D eigenvalue weighted by Gasteiger charge is 2.31. The maximum absolute atomic E-state index is 12.7. The molecule has 43 heavy (non-hydrogen) atoms. The average molecular weight is 808 g/mol. The van der Waals surface area contributed by atoms with Crippen LogP contribution in [-0.2, 0) is 4.74 Å². The minimum absolute atomic E-state index is 0.245. The van der Waals surface area contributed by atoms with Gasteiger partial charge in [-0.2, -0.15) is 9.97 Å². The highest BCUT2D eigenvalue weighted by Crippen LogP contribution is 2.51. The van der Waals surface area contributed by atoms with Crippen molar-refractivity contribution >= 4 is 90.2 Å². The molecule has 0 radical (unpaired) electrons. The lowest BCUT2D eigenvalue weighted by molar-refractivity contribution is 0.0240. The summed E-state index contributed by atoms with van der Waals surface area (Å²) < 4.78 is 19.7. The lowest BCUT2D eigenvalue weighted by atomic mass is 9.99. The Morgan fingerprint density at radius 2 is 1.86 bits per heavy atom. The van der Waals surface area contributed by atoms with Gasteiger partial charge in [0.15, 0.2) is 5.75 Å². The third-order valence-electron chi connectivity index (χ3n) is 6.93. The van der Waals surface area contributed by atoms with Crippen LogP contribution in [0.2, 0.25) is 10.0 Å². The van der Waals surface area contributed by atoms with E-state index in [1.807, 2.05) is 51.9 Å². The third kappa shape index (κ3) is 7.13. The Bertz CT molecular complexity index is 1550. The van der Waals surface area contributed by atoms with E-state index in [1.165, 1.54) is 0 Å². The van der Waals surface area contributed by atoms with Gasteiger partial charge in [-0.1, -0.05) is 23.2 Å². The number of likely N-dealkylation sites (N-methyl/N-ethyl adjacent to an activating group) is 1. The maximum atomic E-state index is 12.7. The van der Waals surface area contributed by atoms with Crippen LogP contribution in [0.4, 0.5) is 16.3 Å². The van der Waals surface area contributed by atoms with E-state index >= 15 is 0 Å². The molecule has 1 fully saturated rings. The standard InChI is InChI=1S/C29H34BrCl2IN6O4/c1-29(2,3)43-28(40)39-9-7-38(8-10-39)26-16-14-18(31)20-21-22(33)19(32)15-17(30)24(21)34-6-12-41-25(20)23(16)35-27(36-26)42-13-11-37(4)5/h14-15,34H,6-13H2,1-5H3. The zero-order chi connectivity index (χ0) is 31.1. The number of nitrogens with zero attached hydrogens (tertiary/aromatic N) is 5. The average Bonchev–Trinajstić information content (AvgIpc) is 2.91. The minimum atomic E-state index is -0.560. The first kappa shape index (κ1) is 32.4. The first-order chi connectivity index (χ1) is 20.3. The second-order valence-electron chi connectivity index (χ2n) is 11.6. The fourth-order valence-electron chi connectivity index (χ4n) is 4.93. The summed E-state index contributed by atoms with van der Waals surface area (Å²) >= 11 is 19.7. The zero-order valence-electron chi connectivity index (χ0n) is 24.7. The van der Waals surface area contributed by atoms with Crippen molar-refractivity contribution < 1.29 is 19.0 Å². The molecular formula is C29H34BrCl2IN6O4. The van der Waals surface area contributed by atoms with Crippen molar-refractivity contribution in [1.82, 2.24) is 19.8 Å². The zero-order valence-corrected chi connectivity index (χ0v) is 29.9. The van der Waals surface area contributed by atoms with Crippen molar-refractivity contribution in [2.75, 3.05) is 76.8 Å². The summed E-state index contributed by atoms with van der Waals surface area (Å²) in [5.74, 6) is 1.22. The Balaban J connectivity index is 1.63. The van der Waals surface area contributed by atoms with Gasteiger partial charge in [0.2, 0.25) is 0 Å². The van der Waals surface area contributed by atoms with E-state index in [4.69, 9.17) is 47.4 Å². The number of piperazine rings is 1.